The number of carbonyl (C=O) groups excluding carboxylic acids is 3. The van der Waals surface area contributed by atoms with Crippen LogP contribution in [0.5, 0.6) is 0 Å². The summed E-state index contributed by atoms with van der Waals surface area (Å²) in [7, 11) is 0. The van der Waals surface area contributed by atoms with Crippen LogP contribution in [0.25, 0.3) is 0 Å². The molecule has 0 aromatic heterocycles. The lowest BCUT2D eigenvalue weighted by atomic mass is 9.60. The Kier molecular flexibility index (Phi) is 9.71. The Labute approximate surface area is 262 Å². The molecule has 0 aromatic rings. The normalized spacial score (nSPS) is 41.5. The van der Waals surface area contributed by atoms with Crippen molar-refractivity contribution in [3.63, 3.8) is 0 Å². The fourth-order valence-electron chi connectivity index (χ4n) is 9.71. The Morgan fingerprint density at radius 2 is 1.68 bits per heavy atom. The molecule has 0 spiro atoms. The number of ketones is 2. The van der Waals surface area contributed by atoms with Gasteiger partial charge in [0, 0.05) is 24.7 Å². The molecule has 0 amide bonds. The van der Waals surface area contributed by atoms with Gasteiger partial charge < -0.3 is 25.0 Å². The van der Waals surface area contributed by atoms with Crippen LogP contribution in [0.3, 0.4) is 0 Å². The van der Waals surface area contributed by atoms with Crippen molar-refractivity contribution in [3.05, 3.63) is 11.1 Å². The van der Waals surface area contributed by atoms with Gasteiger partial charge in [-0.05, 0) is 81.6 Å². The Balaban J connectivity index is 1.20. The molecule has 4 unspecified atom stereocenters. The summed E-state index contributed by atoms with van der Waals surface area (Å²) < 4.78 is 12.2. The number of aliphatic hydroxyl groups excluding tert-OH is 2. The van der Waals surface area contributed by atoms with E-state index in [2.05, 4.69) is 5.32 Å². The Hall–Kier alpha value is -1.65. The van der Waals surface area contributed by atoms with Crippen molar-refractivity contribution >= 4 is 17.5 Å². The maximum atomic E-state index is 14.2. The van der Waals surface area contributed by atoms with Gasteiger partial charge in [0.25, 0.3) is 5.60 Å². The van der Waals surface area contributed by atoms with Crippen LogP contribution in [0.15, 0.2) is 11.1 Å². The number of hydrogen-bond acceptors (Lipinski definition) is 8. The van der Waals surface area contributed by atoms with Gasteiger partial charge in [0.2, 0.25) is 0 Å². The SMILES string of the molecule is CC(CCC1CC[NH2+]C(N)C1)=C(CO)C[C@@]12O[C@]1(C(=O)O[C@H]1CC[C@H](CC3CCCCC3)[C@@H]1O)C(=O)C1CCCCC1C2=O. The molecule has 6 aliphatic rings. The number of aliphatic hydroxyl groups is 2. The second-order valence-electron chi connectivity index (χ2n) is 15.2. The van der Waals surface area contributed by atoms with Crippen molar-refractivity contribution < 1.29 is 39.4 Å². The van der Waals surface area contributed by atoms with Crippen molar-refractivity contribution in [3.8, 4) is 0 Å². The number of esters is 1. The van der Waals surface area contributed by atoms with E-state index in [1.165, 1.54) is 32.1 Å². The first-order valence-electron chi connectivity index (χ1n) is 17.8. The summed E-state index contributed by atoms with van der Waals surface area (Å²) in [6.45, 7) is 2.72. The Morgan fingerprint density at radius 1 is 0.977 bits per heavy atom. The van der Waals surface area contributed by atoms with Gasteiger partial charge in [-0.15, -0.1) is 0 Å². The van der Waals surface area contributed by atoms with E-state index in [1.807, 2.05) is 6.92 Å². The van der Waals surface area contributed by atoms with E-state index in [9.17, 15) is 24.6 Å². The van der Waals surface area contributed by atoms with E-state index in [0.29, 0.717) is 36.7 Å². The average Bonchev–Trinajstić information content (AvgIpc) is 3.64. The molecule has 4 saturated carbocycles. The lowest BCUT2D eigenvalue weighted by Crippen LogP contribution is -2.94. The molecule has 2 saturated heterocycles. The van der Waals surface area contributed by atoms with Gasteiger partial charge in [-0.2, -0.15) is 0 Å². The molecule has 2 aliphatic heterocycles. The minimum absolute atomic E-state index is 0.0215. The van der Waals surface area contributed by atoms with E-state index >= 15 is 0 Å². The lowest BCUT2D eigenvalue weighted by Gasteiger charge is -2.37. The Bertz CT molecular complexity index is 1130. The number of Topliss-reactive ketones (excluding diaryl/α,β-unsaturated/α-hetero) is 2. The molecule has 2 heterocycles. The second-order valence-corrected chi connectivity index (χ2v) is 15.2. The summed E-state index contributed by atoms with van der Waals surface area (Å²) >= 11 is 0. The molecule has 0 aromatic carbocycles. The zero-order chi connectivity index (χ0) is 31.1. The number of epoxide rings is 1. The predicted molar refractivity (Wildman–Crippen MR) is 163 cm³/mol. The fraction of sp³-hybridized carbons (Fsp3) is 0.857. The van der Waals surface area contributed by atoms with Crippen molar-refractivity contribution in [2.24, 2.45) is 35.3 Å². The van der Waals surface area contributed by atoms with Gasteiger partial charge >= 0.3 is 5.97 Å². The van der Waals surface area contributed by atoms with Crippen LogP contribution in [-0.2, 0) is 23.9 Å². The summed E-state index contributed by atoms with van der Waals surface area (Å²) in [6, 6.07) is 0. The van der Waals surface area contributed by atoms with E-state index in [0.717, 1.165) is 63.5 Å². The van der Waals surface area contributed by atoms with Crippen LogP contribution in [-0.4, -0.2) is 70.5 Å². The maximum absolute atomic E-state index is 14.2. The second kappa shape index (κ2) is 13.2. The molecule has 9 heteroatoms. The summed E-state index contributed by atoms with van der Waals surface area (Å²) in [6.07, 6.45) is 13.7. The van der Waals surface area contributed by atoms with Crippen LogP contribution in [0.1, 0.15) is 116 Å². The maximum Gasteiger partial charge on any atom is 0.350 e. The molecule has 6 N–H and O–H groups in total. The largest absolute Gasteiger partial charge is 0.457 e. The molecule has 6 rings (SSSR count). The van der Waals surface area contributed by atoms with Gasteiger partial charge in [0.15, 0.2) is 17.2 Å². The first kappa shape index (κ1) is 32.3. The van der Waals surface area contributed by atoms with Crippen LogP contribution < -0.4 is 11.1 Å². The number of quaternary nitrogens is 1. The molecule has 4 aliphatic carbocycles. The highest BCUT2D eigenvalue weighted by molar-refractivity contribution is 6.23. The molecular formula is C35H55N2O7+. The molecule has 246 valence electrons. The topological polar surface area (TPSA) is 156 Å². The minimum Gasteiger partial charge on any atom is -0.457 e. The van der Waals surface area contributed by atoms with Crippen LogP contribution in [0.4, 0.5) is 0 Å². The van der Waals surface area contributed by atoms with E-state index in [-0.39, 0.29) is 36.7 Å². The van der Waals surface area contributed by atoms with Crippen LogP contribution >= 0.6 is 0 Å². The monoisotopic (exact) mass is 615 g/mol. The first-order chi connectivity index (χ1) is 21.2. The number of carbonyl (C=O) groups is 3. The van der Waals surface area contributed by atoms with Gasteiger partial charge in [-0.1, -0.05) is 50.5 Å². The summed E-state index contributed by atoms with van der Waals surface area (Å²) in [4.78, 5) is 42.5. The number of allylic oxidation sites excluding steroid dienone is 1. The standard InChI is InChI=1S/C35H54N2O7/c1-21(11-12-23-15-16-37-29(36)18-23)25(20-38)19-34-31(40)26-9-5-6-10-27(26)32(41)35(34,44-34)33(42)43-28-14-13-24(30(28)39)17-22-7-3-2-4-8-22/h22-24,26-30,37-39H,2-20,36H2,1H3/p+1/t23?,24-,26?,27?,28+,29?,30+,34+,35+/m1/s1. The van der Waals surface area contributed by atoms with Crippen LogP contribution in [0.2, 0.25) is 0 Å². The number of hydrogen-bond donors (Lipinski definition) is 4. The zero-order valence-corrected chi connectivity index (χ0v) is 26.6. The summed E-state index contributed by atoms with van der Waals surface area (Å²) in [5, 5.41) is 23.9. The summed E-state index contributed by atoms with van der Waals surface area (Å²) in [5.41, 5.74) is 4.18. The van der Waals surface area contributed by atoms with Crippen molar-refractivity contribution in [2.75, 3.05) is 13.2 Å². The average molecular weight is 616 g/mol. The molecule has 0 bridgehead atoms. The highest BCUT2D eigenvalue weighted by atomic mass is 16.7. The quantitative estimate of drug-likeness (QED) is 0.127. The highest BCUT2D eigenvalue weighted by Crippen LogP contribution is 2.62. The van der Waals surface area contributed by atoms with Crippen molar-refractivity contribution in [1.82, 2.24) is 0 Å². The van der Waals surface area contributed by atoms with Crippen molar-refractivity contribution in [2.45, 2.75) is 146 Å². The van der Waals surface area contributed by atoms with E-state index in [4.69, 9.17) is 15.2 Å². The zero-order valence-electron chi connectivity index (χ0n) is 26.6. The van der Waals surface area contributed by atoms with E-state index < -0.39 is 41.2 Å². The molecule has 6 fully saturated rings. The summed E-state index contributed by atoms with van der Waals surface area (Å²) in [5.74, 6) is -1.14. The fourth-order valence-corrected chi connectivity index (χ4v) is 9.71. The highest BCUT2D eigenvalue weighted by Gasteiger charge is 2.87. The van der Waals surface area contributed by atoms with Gasteiger partial charge in [-0.25, -0.2) is 4.79 Å². The smallest absolute Gasteiger partial charge is 0.350 e. The van der Waals surface area contributed by atoms with Gasteiger partial charge in [0.05, 0.1) is 19.3 Å². The van der Waals surface area contributed by atoms with Crippen molar-refractivity contribution in [1.29, 1.82) is 0 Å². The minimum atomic E-state index is -1.98. The van der Waals surface area contributed by atoms with Crippen LogP contribution in [0, 0.1) is 29.6 Å². The first-order valence-corrected chi connectivity index (χ1v) is 17.8. The van der Waals surface area contributed by atoms with Gasteiger partial charge in [-0.3, -0.25) is 15.3 Å². The van der Waals surface area contributed by atoms with E-state index in [1.54, 1.807) is 0 Å². The number of piperidine rings is 1. The molecule has 9 atom stereocenters. The number of nitrogens with two attached hydrogens (primary N) is 2. The third-order valence-electron chi connectivity index (χ3n) is 12.5. The molecule has 44 heavy (non-hydrogen) atoms. The predicted octanol–water partition coefficient (Wildman–Crippen LogP) is 2.84. The number of fused-ring (bicyclic) bond motifs is 2. The molecule has 9 nitrogen and oxygen atoms in total. The Morgan fingerprint density at radius 3 is 2.39 bits per heavy atom. The third-order valence-corrected chi connectivity index (χ3v) is 12.5. The molecular weight excluding hydrogens is 560 g/mol. The lowest BCUT2D eigenvalue weighted by molar-refractivity contribution is -0.699. The third kappa shape index (κ3) is 5.85. The molecule has 0 radical (unpaired) electrons. The number of ether oxygens (including phenoxy) is 2. The number of rotatable bonds is 10. The van der Waals surface area contributed by atoms with Gasteiger partial charge in [0.1, 0.15) is 12.3 Å².